The van der Waals surface area contributed by atoms with Gasteiger partial charge in [0.15, 0.2) is 0 Å². The summed E-state index contributed by atoms with van der Waals surface area (Å²) in [5, 5.41) is 5.81. The minimum Gasteiger partial charge on any atom is -0.303 e. The molecule has 52 valence electrons. The maximum atomic E-state index is 4.07. The molecule has 0 N–H and O–H groups in total. The highest BCUT2D eigenvalue weighted by Crippen LogP contribution is 1.77. The molecule has 9 heavy (non-hydrogen) atoms. The zero-order chi connectivity index (χ0) is 7.28. The van der Waals surface area contributed by atoms with Crippen LogP contribution in [0.25, 0.3) is 0 Å². The first-order valence-corrected chi connectivity index (χ1v) is 2.81. The van der Waals surface area contributed by atoms with E-state index in [-0.39, 0.29) is 0 Å². The highest BCUT2D eigenvalue weighted by atomic mass is 15.4. The van der Waals surface area contributed by atoms with Crippen LogP contribution < -0.4 is 0 Å². The van der Waals surface area contributed by atoms with Gasteiger partial charge in [0, 0.05) is 27.4 Å². The van der Waals surface area contributed by atoms with E-state index in [4.69, 9.17) is 0 Å². The fourth-order valence-electron chi connectivity index (χ4n) is 0.528. The third-order valence-corrected chi connectivity index (χ3v) is 0.674. The molecule has 0 aliphatic rings. The molecule has 3 heteroatoms. The predicted octanol–water partition coefficient (Wildman–Crippen LogP) is 0.624. The Bertz CT molecular complexity index is 124. The van der Waals surface area contributed by atoms with E-state index < -0.39 is 0 Å². The summed E-state index contributed by atoms with van der Waals surface area (Å²) in [5.74, 6) is 0. The van der Waals surface area contributed by atoms with Crippen molar-refractivity contribution in [2.24, 2.45) is 10.1 Å². The number of aliphatic imine (C=N–C) groups is 1. The largest absolute Gasteiger partial charge is 0.303 e. The van der Waals surface area contributed by atoms with Crippen LogP contribution in [0.15, 0.2) is 10.1 Å². The molecule has 0 saturated carbocycles. The lowest BCUT2D eigenvalue weighted by molar-refractivity contribution is 0.439. The van der Waals surface area contributed by atoms with Crippen molar-refractivity contribution >= 4 is 11.9 Å². The summed E-state index contributed by atoms with van der Waals surface area (Å²) in [6.07, 6.45) is 1.72. The molecule has 0 aromatic rings. The van der Waals surface area contributed by atoms with Crippen molar-refractivity contribution < 1.29 is 0 Å². The summed E-state index contributed by atoms with van der Waals surface area (Å²) < 4.78 is 0. The first kappa shape index (κ1) is 8.14. The highest BCUT2D eigenvalue weighted by Gasteiger charge is 1.82. The number of nitrogens with zero attached hydrogens (tertiary/aromatic N) is 3. The third kappa shape index (κ3) is 5.00. The van der Waals surface area contributed by atoms with E-state index in [1.54, 1.807) is 18.3 Å². The Morgan fingerprint density at radius 1 is 1.44 bits per heavy atom. The van der Waals surface area contributed by atoms with Crippen molar-refractivity contribution in [3.8, 4) is 0 Å². The van der Waals surface area contributed by atoms with Gasteiger partial charge in [0.05, 0.1) is 5.71 Å². The predicted molar refractivity (Wildman–Crippen MR) is 41.2 cm³/mol. The molecule has 0 aromatic carbocycles. The zero-order valence-corrected chi connectivity index (χ0v) is 6.42. The van der Waals surface area contributed by atoms with Crippen LogP contribution in [-0.2, 0) is 0 Å². The van der Waals surface area contributed by atoms with Gasteiger partial charge >= 0.3 is 0 Å². The smallest absolute Gasteiger partial charge is 0.0751 e. The summed E-state index contributed by atoms with van der Waals surface area (Å²) in [7, 11) is 5.49. The molecule has 0 amide bonds. The summed E-state index contributed by atoms with van der Waals surface area (Å²) in [6.45, 7) is 1.91. The van der Waals surface area contributed by atoms with E-state index in [1.165, 1.54) is 0 Å². The molecule has 0 spiro atoms. The monoisotopic (exact) mass is 127 g/mol. The molecular formula is C6H13N3. The molecule has 0 radical (unpaired) electrons. The van der Waals surface area contributed by atoms with Gasteiger partial charge in [0.1, 0.15) is 0 Å². The Morgan fingerprint density at radius 3 is 2.33 bits per heavy atom. The number of hydrogen-bond donors (Lipinski definition) is 0. The normalized spacial score (nSPS) is 12.7. The second-order valence-electron chi connectivity index (χ2n) is 1.98. The van der Waals surface area contributed by atoms with Gasteiger partial charge in [-0.15, -0.1) is 0 Å². The van der Waals surface area contributed by atoms with E-state index in [9.17, 15) is 0 Å². The third-order valence-electron chi connectivity index (χ3n) is 0.674. The van der Waals surface area contributed by atoms with Gasteiger partial charge < -0.3 is 5.01 Å². The molecule has 0 saturated heterocycles. The van der Waals surface area contributed by atoms with Gasteiger partial charge in [-0.05, 0) is 6.92 Å². The number of hydrazone groups is 1. The van der Waals surface area contributed by atoms with Crippen LogP contribution >= 0.6 is 0 Å². The Balaban J connectivity index is 3.84. The van der Waals surface area contributed by atoms with Crippen LogP contribution in [0.4, 0.5) is 0 Å². The maximum absolute atomic E-state index is 4.07. The van der Waals surface area contributed by atoms with Gasteiger partial charge in [-0.2, -0.15) is 5.10 Å². The summed E-state index contributed by atoms with van der Waals surface area (Å²) in [5.41, 5.74) is 0.919. The Kier molecular flexibility index (Phi) is 3.67. The highest BCUT2D eigenvalue weighted by molar-refractivity contribution is 6.29. The second kappa shape index (κ2) is 4.06. The lowest BCUT2D eigenvalue weighted by Crippen LogP contribution is -2.06. The van der Waals surface area contributed by atoms with Crippen molar-refractivity contribution in [3.63, 3.8) is 0 Å². The number of hydrogen-bond acceptors (Lipinski definition) is 3. The van der Waals surface area contributed by atoms with Gasteiger partial charge in [-0.25, -0.2) is 0 Å². The molecular weight excluding hydrogens is 114 g/mol. The molecule has 0 bridgehead atoms. The van der Waals surface area contributed by atoms with Crippen molar-refractivity contribution in [1.82, 2.24) is 5.01 Å². The molecule has 0 aromatic heterocycles. The Morgan fingerprint density at radius 2 is 2.00 bits per heavy atom. The van der Waals surface area contributed by atoms with E-state index >= 15 is 0 Å². The van der Waals surface area contributed by atoms with Crippen LogP contribution in [0, 0.1) is 0 Å². The van der Waals surface area contributed by atoms with Gasteiger partial charge in [0.25, 0.3) is 0 Å². The Labute approximate surface area is 56.1 Å². The Hall–Kier alpha value is -0.860. The van der Waals surface area contributed by atoms with E-state index in [2.05, 4.69) is 10.1 Å². The molecule has 0 rings (SSSR count). The van der Waals surface area contributed by atoms with E-state index in [1.807, 2.05) is 21.0 Å². The first-order valence-electron chi connectivity index (χ1n) is 2.81. The van der Waals surface area contributed by atoms with Crippen LogP contribution in [0.2, 0.25) is 0 Å². The van der Waals surface area contributed by atoms with Crippen molar-refractivity contribution in [1.29, 1.82) is 0 Å². The fraction of sp³-hybridized carbons (Fsp3) is 0.667. The topological polar surface area (TPSA) is 28.0 Å². The minimum absolute atomic E-state index is 0.919. The molecule has 0 fully saturated rings. The summed E-state index contributed by atoms with van der Waals surface area (Å²) >= 11 is 0. The van der Waals surface area contributed by atoms with Crippen molar-refractivity contribution in [3.05, 3.63) is 0 Å². The summed E-state index contributed by atoms with van der Waals surface area (Å²) in [4.78, 5) is 3.81. The minimum atomic E-state index is 0.919. The van der Waals surface area contributed by atoms with Gasteiger partial charge in [-0.1, -0.05) is 0 Å². The second-order valence-corrected chi connectivity index (χ2v) is 1.98. The van der Waals surface area contributed by atoms with Crippen LogP contribution in [0.1, 0.15) is 6.92 Å². The van der Waals surface area contributed by atoms with Gasteiger partial charge in [-0.3, -0.25) is 4.99 Å². The number of rotatable bonds is 2. The summed E-state index contributed by atoms with van der Waals surface area (Å²) in [6, 6.07) is 0. The fourth-order valence-corrected chi connectivity index (χ4v) is 0.528. The standard InChI is InChI=1S/C6H13N3/c1-6(5-7-2)8-9(3)4/h5H,1-4H3/b7-5?,8-6+. The average Bonchev–Trinajstić information content (AvgIpc) is 1.63. The van der Waals surface area contributed by atoms with E-state index in [0.29, 0.717) is 0 Å². The van der Waals surface area contributed by atoms with Crippen LogP contribution in [0.5, 0.6) is 0 Å². The zero-order valence-electron chi connectivity index (χ0n) is 6.42. The quantitative estimate of drug-likeness (QED) is 0.395. The van der Waals surface area contributed by atoms with Crippen LogP contribution in [0.3, 0.4) is 0 Å². The molecule has 3 nitrogen and oxygen atoms in total. The van der Waals surface area contributed by atoms with Gasteiger partial charge in [0.2, 0.25) is 0 Å². The molecule has 0 aliphatic carbocycles. The molecule has 0 unspecified atom stereocenters. The lowest BCUT2D eigenvalue weighted by atomic mass is 10.5. The van der Waals surface area contributed by atoms with Crippen molar-refractivity contribution in [2.45, 2.75) is 6.92 Å². The molecule has 0 atom stereocenters. The van der Waals surface area contributed by atoms with Crippen LogP contribution in [-0.4, -0.2) is 38.1 Å². The lowest BCUT2D eigenvalue weighted by Gasteiger charge is -2.02. The maximum Gasteiger partial charge on any atom is 0.0751 e. The average molecular weight is 127 g/mol. The first-order chi connectivity index (χ1) is 4.16. The molecule has 0 heterocycles. The molecule has 0 aliphatic heterocycles. The van der Waals surface area contributed by atoms with Crippen molar-refractivity contribution in [2.75, 3.05) is 21.1 Å². The SMILES string of the molecule is CN=C/C(C)=N/N(C)C. The van der Waals surface area contributed by atoms with E-state index in [0.717, 1.165) is 5.71 Å².